The number of aryl methyl sites for hydroxylation is 1. The number of nitrogens with one attached hydrogen (secondary N) is 2. The van der Waals surface area contributed by atoms with Gasteiger partial charge in [0.15, 0.2) is 0 Å². The zero-order valence-corrected chi connectivity index (χ0v) is 11.0. The maximum atomic E-state index is 10.7. The van der Waals surface area contributed by atoms with E-state index in [0.717, 1.165) is 30.8 Å². The van der Waals surface area contributed by atoms with E-state index in [9.17, 15) is 10.1 Å². The lowest BCUT2D eigenvalue weighted by atomic mass is 10.1. The summed E-state index contributed by atoms with van der Waals surface area (Å²) in [5, 5.41) is 17.6. The molecule has 5 nitrogen and oxygen atoms in total. The molecule has 18 heavy (non-hydrogen) atoms. The molecular formula is C12H16ClN3O2. The second-order valence-electron chi connectivity index (χ2n) is 4.55. The Labute approximate surface area is 111 Å². The van der Waals surface area contributed by atoms with Crippen molar-refractivity contribution in [3.8, 4) is 0 Å². The summed E-state index contributed by atoms with van der Waals surface area (Å²) in [4.78, 5) is 10.3. The summed E-state index contributed by atoms with van der Waals surface area (Å²) in [7, 11) is 0. The molecule has 2 N–H and O–H groups in total. The number of nitrogens with zero attached hydrogens (tertiary/aromatic N) is 1. The van der Waals surface area contributed by atoms with Crippen LogP contribution in [0.25, 0.3) is 0 Å². The van der Waals surface area contributed by atoms with Crippen LogP contribution in [0.2, 0.25) is 5.02 Å². The summed E-state index contributed by atoms with van der Waals surface area (Å²) >= 11 is 5.89. The van der Waals surface area contributed by atoms with E-state index >= 15 is 0 Å². The van der Waals surface area contributed by atoms with Crippen molar-refractivity contribution in [1.82, 2.24) is 5.32 Å². The maximum Gasteiger partial charge on any atom is 0.288 e. The maximum absolute atomic E-state index is 10.7. The fraction of sp³-hybridized carbons (Fsp3) is 0.500. The molecule has 98 valence electrons. The first-order chi connectivity index (χ1) is 8.58. The third kappa shape index (κ3) is 2.91. The van der Waals surface area contributed by atoms with Crippen molar-refractivity contribution in [3.05, 3.63) is 32.8 Å². The number of halogens is 1. The minimum absolute atomic E-state index is 0.0429. The smallest absolute Gasteiger partial charge is 0.288 e. The van der Waals surface area contributed by atoms with Gasteiger partial charge in [-0.1, -0.05) is 11.6 Å². The highest BCUT2D eigenvalue weighted by Crippen LogP contribution is 2.30. The molecule has 1 fully saturated rings. The minimum Gasteiger partial charge on any atom is -0.383 e. The summed E-state index contributed by atoms with van der Waals surface area (Å²) in [5.74, 6) is 0. The quantitative estimate of drug-likeness (QED) is 0.651. The lowest BCUT2D eigenvalue weighted by Crippen LogP contribution is -2.29. The summed E-state index contributed by atoms with van der Waals surface area (Å²) in [6, 6.07) is 3.61. The average Bonchev–Trinajstić information content (AvgIpc) is 2.82. The van der Waals surface area contributed by atoms with Crippen molar-refractivity contribution in [3.63, 3.8) is 0 Å². The van der Waals surface area contributed by atoms with E-state index in [2.05, 4.69) is 10.6 Å². The monoisotopic (exact) mass is 269 g/mol. The molecule has 1 heterocycles. The van der Waals surface area contributed by atoms with E-state index in [-0.39, 0.29) is 10.7 Å². The molecule has 6 heteroatoms. The SMILES string of the molecule is Cc1cc([N+](=O)[O-])c(Cl)cc1NCC1CCCN1. The van der Waals surface area contributed by atoms with Gasteiger partial charge in [-0.2, -0.15) is 0 Å². The van der Waals surface area contributed by atoms with Crippen LogP contribution < -0.4 is 10.6 Å². The van der Waals surface area contributed by atoms with Gasteiger partial charge >= 0.3 is 0 Å². The topological polar surface area (TPSA) is 67.2 Å². The van der Waals surface area contributed by atoms with Crippen molar-refractivity contribution >= 4 is 23.0 Å². The molecule has 2 rings (SSSR count). The zero-order valence-electron chi connectivity index (χ0n) is 10.2. The first-order valence-electron chi connectivity index (χ1n) is 5.99. The Kier molecular flexibility index (Phi) is 4.04. The van der Waals surface area contributed by atoms with Gasteiger partial charge in [0.05, 0.1) is 4.92 Å². The first-order valence-corrected chi connectivity index (χ1v) is 6.37. The van der Waals surface area contributed by atoms with Crippen molar-refractivity contribution in [2.45, 2.75) is 25.8 Å². The van der Waals surface area contributed by atoms with Crippen molar-refractivity contribution < 1.29 is 4.92 Å². The lowest BCUT2D eigenvalue weighted by molar-refractivity contribution is -0.384. The highest BCUT2D eigenvalue weighted by molar-refractivity contribution is 6.33. The molecule has 1 unspecified atom stereocenters. The molecule has 1 aliphatic rings. The summed E-state index contributed by atoms with van der Waals surface area (Å²) in [6.45, 7) is 3.72. The van der Waals surface area contributed by atoms with Crippen LogP contribution >= 0.6 is 11.6 Å². The molecule has 0 radical (unpaired) electrons. The van der Waals surface area contributed by atoms with Crippen LogP contribution in [0.4, 0.5) is 11.4 Å². The predicted octanol–water partition coefficient (Wildman–Crippen LogP) is 2.72. The molecule has 1 aromatic rings. The van der Waals surface area contributed by atoms with Crippen LogP contribution in [0.1, 0.15) is 18.4 Å². The molecule has 0 aliphatic carbocycles. The van der Waals surface area contributed by atoms with Gasteiger partial charge in [-0.15, -0.1) is 0 Å². The second-order valence-corrected chi connectivity index (χ2v) is 4.96. The largest absolute Gasteiger partial charge is 0.383 e. The number of rotatable bonds is 4. The highest BCUT2D eigenvalue weighted by atomic mass is 35.5. The van der Waals surface area contributed by atoms with Gasteiger partial charge in [0.1, 0.15) is 5.02 Å². The van der Waals surface area contributed by atoms with Crippen LogP contribution in [-0.2, 0) is 0 Å². The molecule has 1 atom stereocenters. The van der Waals surface area contributed by atoms with E-state index in [1.807, 2.05) is 6.92 Å². The average molecular weight is 270 g/mol. The molecule has 0 spiro atoms. The van der Waals surface area contributed by atoms with E-state index in [1.54, 1.807) is 6.07 Å². The number of hydrogen-bond donors (Lipinski definition) is 2. The van der Waals surface area contributed by atoms with Gasteiger partial charge in [-0.25, -0.2) is 0 Å². The Morgan fingerprint density at radius 3 is 3.00 bits per heavy atom. The minimum atomic E-state index is -0.461. The fourth-order valence-electron chi connectivity index (χ4n) is 2.16. The standard InChI is InChI=1S/C12H16ClN3O2/c1-8-5-12(16(17)18)10(13)6-11(8)15-7-9-3-2-4-14-9/h5-6,9,14-15H,2-4,7H2,1H3. The second kappa shape index (κ2) is 5.54. The van der Waals surface area contributed by atoms with Crippen molar-refractivity contribution in [2.75, 3.05) is 18.4 Å². The predicted molar refractivity (Wildman–Crippen MR) is 72.4 cm³/mol. The van der Waals surface area contributed by atoms with Crippen molar-refractivity contribution in [1.29, 1.82) is 0 Å². The fourth-order valence-corrected chi connectivity index (χ4v) is 2.39. The Bertz CT molecular complexity index is 459. The molecule has 1 aromatic carbocycles. The number of benzene rings is 1. The van der Waals surface area contributed by atoms with Gasteiger partial charge < -0.3 is 10.6 Å². The number of anilines is 1. The van der Waals surface area contributed by atoms with Gasteiger partial charge in [0.2, 0.25) is 0 Å². The number of hydrogen-bond acceptors (Lipinski definition) is 4. The van der Waals surface area contributed by atoms with Gasteiger partial charge in [-0.05, 0) is 37.9 Å². The Balaban J connectivity index is 2.08. The van der Waals surface area contributed by atoms with E-state index in [0.29, 0.717) is 6.04 Å². The van der Waals surface area contributed by atoms with Gasteiger partial charge in [0.25, 0.3) is 5.69 Å². The van der Waals surface area contributed by atoms with Crippen LogP contribution in [-0.4, -0.2) is 24.1 Å². The van der Waals surface area contributed by atoms with E-state index in [4.69, 9.17) is 11.6 Å². The van der Waals surface area contributed by atoms with Crippen molar-refractivity contribution in [2.24, 2.45) is 0 Å². The Morgan fingerprint density at radius 1 is 1.61 bits per heavy atom. The summed E-state index contributed by atoms with van der Waals surface area (Å²) in [6.07, 6.45) is 2.36. The molecule has 1 aliphatic heterocycles. The Morgan fingerprint density at radius 2 is 2.39 bits per heavy atom. The normalized spacial score (nSPS) is 18.9. The molecule has 0 aromatic heterocycles. The van der Waals surface area contributed by atoms with Crippen LogP contribution in [0.15, 0.2) is 12.1 Å². The third-order valence-corrected chi connectivity index (χ3v) is 3.49. The van der Waals surface area contributed by atoms with Gasteiger partial charge in [0, 0.05) is 24.3 Å². The number of nitro groups is 1. The Hall–Kier alpha value is -1.33. The highest BCUT2D eigenvalue weighted by Gasteiger charge is 2.17. The molecule has 0 saturated carbocycles. The first kappa shape index (κ1) is 13.1. The molecular weight excluding hydrogens is 254 g/mol. The summed E-state index contributed by atoms with van der Waals surface area (Å²) in [5.41, 5.74) is 1.65. The lowest BCUT2D eigenvalue weighted by Gasteiger charge is -2.14. The zero-order chi connectivity index (χ0) is 13.1. The molecule has 0 bridgehead atoms. The van der Waals surface area contributed by atoms with Crippen LogP contribution in [0.3, 0.4) is 0 Å². The third-order valence-electron chi connectivity index (χ3n) is 3.19. The van der Waals surface area contributed by atoms with Gasteiger partial charge in [-0.3, -0.25) is 10.1 Å². The van der Waals surface area contributed by atoms with E-state index in [1.165, 1.54) is 12.5 Å². The van der Waals surface area contributed by atoms with Crippen LogP contribution in [0, 0.1) is 17.0 Å². The summed E-state index contributed by atoms with van der Waals surface area (Å²) < 4.78 is 0. The molecule has 1 saturated heterocycles. The van der Waals surface area contributed by atoms with Crippen LogP contribution in [0.5, 0.6) is 0 Å². The van der Waals surface area contributed by atoms with E-state index < -0.39 is 4.92 Å². The number of nitro benzene ring substituents is 1. The molecule has 0 amide bonds.